The Bertz CT molecular complexity index is 348. The zero-order chi connectivity index (χ0) is 11.1. The van der Waals surface area contributed by atoms with Crippen molar-refractivity contribution in [3.05, 3.63) is 15.9 Å². The van der Waals surface area contributed by atoms with Gasteiger partial charge in [-0.05, 0) is 48.3 Å². The Morgan fingerprint density at radius 1 is 1.53 bits per heavy atom. The lowest BCUT2D eigenvalue weighted by Crippen LogP contribution is -2.32. The Hall–Kier alpha value is -0.0600. The number of nitrogens with zero attached hydrogens (tertiary/aromatic N) is 1. The standard InChI is InChI=1S/C11H17BrN2S/c1-11(2)6-8(7-13-11)14(3)10-5-4-9(12)15-10/h4-5,8,13H,6-7H2,1-3H3. The molecule has 0 aliphatic carbocycles. The van der Waals surface area contributed by atoms with Gasteiger partial charge in [-0.25, -0.2) is 0 Å². The third kappa shape index (κ3) is 2.55. The van der Waals surface area contributed by atoms with Crippen LogP contribution in [0.3, 0.4) is 0 Å². The molecule has 0 saturated carbocycles. The van der Waals surface area contributed by atoms with E-state index < -0.39 is 0 Å². The Morgan fingerprint density at radius 3 is 2.73 bits per heavy atom. The Morgan fingerprint density at radius 2 is 2.27 bits per heavy atom. The fourth-order valence-electron chi connectivity index (χ4n) is 2.08. The minimum absolute atomic E-state index is 0.285. The number of halogens is 1. The summed E-state index contributed by atoms with van der Waals surface area (Å²) in [6, 6.07) is 4.91. The molecule has 0 spiro atoms. The maximum atomic E-state index is 3.55. The minimum Gasteiger partial charge on any atom is -0.362 e. The number of hydrogen-bond acceptors (Lipinski definition) is 3. The van der Waals surface area contributed by atoms with Gasteiger partial charge in [-0.1, -0.05) is 0 Å². The van der Waals surface area contributed by atoms with Crippen LogP contribution in [0.1, 0.15) is 20.3 Å². The summed E-state index contributed by atoms with van der Waals surface area (Å²) in [7, 11) is 2.19. The second-order valence-electron chi connectivity index (χ2n) is 4.81. The van der Waals surface area contributed by atoms with Gasteiger partial charge in [0.05, 0.1) is 8.79 Å². The highest BCUT2D eigenvalue weighted by Gasteiger charge is 2.32. The highest BCUT2D eigenvalue weighted by Crippen LogP contribution is 2.32. The molecule has 1 atom stereocenters. The van der Waals surface area contributed by atoms with Crippen LogP contribution in [0.25, 0.3) is 0 Å². The monoisotopic (exact) mass is 288 g/mol. The molecule has 2 rings (SSSR count). The summed E-state index contributed by atoms with van der Waals surface area (Å²) in [6.45, 7) is 5.62. The molecule has 84 valence electrons. The molecule has 1 N–H and O–H groups in total. The smallest absolute Gasteiger partial charge is 0.0920 e. The van der Waals surface area contributed by atoms with Gasteiger partial charge in [-0.15, -0.1) is 11.3 Å². The van der Waals surface area contributed by atoms with E-state index in [0.717, 1.165) is 6.54 Å². The normalized spacial score (nSPS) is 24.4. The number of anilines is 1. The molecule has 1 aliphatic rings. The molecule has 0 aromatic carbocycles. The third-order valence-corrected chi connectivity index (χ3v) is 4.73. The second-order valence-corrected chi connectivity index (χ2v) is 7.25. The molecule has 4 heteroatoms. The average molecular weight is 289 g/mol. The number of thiophene rings is 1. The molecule has 1 saturated heterocycles. The fourth-order valence-corrected chi connectivity index (χ4v) is 3.47. The fraction of sp³-hybridized carbons (Fsp3) is 0.636. The first-order valence-corrected chi connectivity index (χ1v) is 6.82. The molecule has 1 aliphatic heterocycles. The molecule has 2 heterocycles. The van der Waals surface area contributed by atoms with Crippen LogP contribution in [-0.2, 0) is 0 Å². The molecule has 1 fully saturated rings. The molecular formula is C11H17BrN2S. The number of likely N-dealkylation sites (N-methyl/N-ethyl adjacent to an activating group) is 1. The Labute approximate surface area is 104 Å². The molecule has 1 unspecified atom stereocenters. The van der Waals surface area contributed by atoms with Crippen molar-refractivity contribution in [3.8, 4) is 0 Å². The van der Waals surface area contributed by atoms with Crippen molar-refractivity contribution in [2.75, 3.05) is 18.5 Å². The van der Waals surface area contributed by atoms with Gasteiger partial charge in [-0.2, -0.15) is 0 Å². The molecule has 0 amide bonds. The zero-order valence-electron chi connectivity index (χ0n) is 9.38. The molecule has 15 heavy (non-hydrogen) atoms. The van der Waals surface area contributed by atoms with Crippen LogP contribution in [-0.4, -0.2) is 25.2 Å². The van der Waals surface area contributed by atoms with E-state index >= 15 is 0 Å². The minimum atomic E-state index is 0.285. The third-order valence-electron chi connectivity index (χ3n) is 3.02. The maximum absolute atomic E-state index is 3.55. The van der Waals surface area contributed by atoms with Crippen molar-refractivity contribution >= 4 is 32.3 Å². The first kappa shape index (κ1) is 11.4. The predicted octanol–water partition coefficient (Wildman–Crippen LogP) is 3.09. The van der Waals surface area contributed by atoms with Crippen molar-refractivity contribution in [1.82, 2.24) is 5.32 Å². The van der Waals surface area contributed by atoms with E-state index in [4.69, 9.17) is 0 Å². The summed E-state index contributed by atoms with van der Waals surface area (Å²) < 4.78 is 1.20. The summed E-state index contributed by atoms with van der Waals surface area (Å²) in [5.74, 6) is 0. The molecule has 1 aromatic rings. The van der Waals surface area contributed by atoms with Gasteiger partial charge < -0.3 is 10.2 Å². The molecule has 2 nitrogen and oxygen atoms in total. The van der Waals surface area contributed by atoms with E-state index in [1.54, 1.807) is 11.3 Å². The van der Waals surface area contributed by atoms with Crippen LogP contribution < -0.4 is 10.2 Å². The van der Waals surface area contributed by atoms with E-state index in [0.29, 0.717) is 6.04 Å². The van der Waals surface area contributed by atoms with Crippen LogP contribution >= 0.6 is 27.3 Å². The molecular weight excluding hydrogens is 272 g/mol. The van der Waals surface area contributed by atoms with Crippen molar-refractivity contribution in [3.63, 3.8) is 0 Å². The Kier molecular flexibility index (Phi) is 3.10. The van der Waals surface area contributed by atoms with Crippen LogP contribution in [0.15, 0.2) is 15.9 Å². The quantitative estimate of drug-likeness (QED) is 0.900. The maximum Gasteiger partial charge on any atom is 0.0920 e. The number of nitrogens with one attached hydrogen (secondary N) is 1. The second kappa shape index (κ2) is 4.07. The van der Waals surface area contributed by atoms with Crippen molar-refractivity contribution in [1.29, 1.82) is 0 Å². The van der Waals surface area contributed by atoms with Gasteiger partial charge in [0.1, 0.15) is 0 Å². The van der Waals surface area contributed by atoms with E-state index in [1.807, 2.05) is 0 Å². The number of rotatable bonds is 2. The predicted molar refractivity (Wildman–Crippen MR) is 70.9 cm³/mol. The van der Waals surface area contributed by atoms with E-state index in [2.05, 4.69) is 59.2 Å². The van der Waals surface area contributed by atoms with Gasteiger partial charge in [0, 0.05) is 25.2 Å². The average Bonchev–Trinajstić information content (AvgIpc) is 2.71. The first-order chi connectivity index (χ1) is 6.98. The lowest BCUT2D eigenvalue weighted by molar-refractivity contribution is 0.454. The van der Waals surface area contributed by atoms with Crippen molar-refractivity contribution < 1.29 is 0 Å². The lowest BCUT2D eigenvalue weighted by atomic mass is 10.0. The van der Waals surface area contributed by atoms with Gasteiger partial charge >= 0.3 is 0 Å². The van der Waals surface area contributed by atoms with Crippen LogP contribution in [0.2, 0.25) is 0 Å². The van der Waals surface area contributed by atoms with Crippen LogP contribution in [0, 0.1) is 0 Å². The van der Waals surface area contributed by atoms with Crippen LogP contribution in [0.5, 0.6) is 0 Å². The highest BCUT2D eigenvalue weighted by molar-refractivity contribution is 9.11. The van der Waals surface area contributed by atoms with Crippen LogP contribution in [0.4, 0.5) is 5.00 Å². The van der Waals surface area contributed by atoms with Gasteiger partial charge in [0.25, 0.3) is 0 Å². The van der Waals surface area contributed by atoms with Gasteiger partial charge in [-0.3, -0.25) is 0 Å². The summed E-state index contributed by atoms with van der Waals surface area (Å²) in [5, 5.41) is 4.89. The number of hydrogen-bond donors (Lipinski definition) is 1. The van der Waals surface area contributed by atoms with E-state index in [9.17, 15) is 0 Å². The molecule has 0 bridgehead atoms. The lowest BCUT2D eigenvalue weighted by Gasteiger charge is -2.25. The molecule has 1 aromatic heterocycles. The van der Waals surface area contributed by atoms with Gasteiger partial charge in [0.15, 0.2) is 0 Å². The van der Waals surface area contributed by atoms with Gasteiger partial charge in [0.2, 0.25) is 0 Å². The van der Waals surface area contributed by atoms with Crippen molar-refractivity contribution in [2.45, 2.75) is 31.8 Å². The molecule has 0 radical (unpaired) electrons. The Balaban J connectivity index is 2.06. The zero-order valence-corrected chi connectivity index (χ0v) is 11.8. The topological polar surface area (TPSA) is 15.3 Å². The van der Waals surface area contributed by atoms with E-state index in [1.165, 1.54) is 15.2 Å². The van der Waals surface area contributed by atoms with Crippen molar-refractivity contribution in [2.24, 2.45) is 0 Å². The SMILES string of the molecule is CN(c1ccc(Br)s1)C1CNC(C)(C)C1. The summed E-state index contributed by atoms with van der Waals surface area (Å²) in [5.41, 5.74) is 0.285. The summed E-state index contributed by atoms with van der Waals surface area (Å²) >= 11 is 5.31. The first-order valence-electron chi connectivity index (χ1n) is 5.21. The largest absolute Gasteiger partial charge is 0.362 e. The summed E-state index contributed by atoms with van der Waals surface area (Å²) in [6.07, 6.45) is 1.21. The van der Waals surface area contributed by atoms with E-state index in [-0.39, 0.29) is 5.54 Å². The summed E-state index contributed by atoms with van der Waals surface area (Å²) in [4.78, 5) is 2.39. The highest BCUT2D eigenvalue weighted by atomic mass is 79.9.